The molecule has 2 amide bonds. The molecule has 0 bridgehead atoms. The first-order valence-electron chi connectivity index (χ1n) is 10.2. The molecular formula is C24H26Cl2N4O2. The van der Waals surface area contributed by atoms with Crippen LogP contribution in [0.3, 0.4) is 0 Å². The Morgan fingerprint density at radius 3 is 2.25 bits per heavy atom. The van der Waals surface area contributed by atoms with E-state index in [1.807, 2.05) is 32.0 Å². The van der Waals surface area contributed by atoms with Gasteiger partial charge in [0, 0.05) is 27.1 Å². The minimum atomic E-state index is -0.442. The molecule has 6 nitrogen and oxygen atoms in total. The van der Waals surface area contributed by atoms with Gasteiger partial charge in [-0.25, -0.2) is 4.68 Å². The third-order valence-corrected chi connectivity index (χ3v) is 5.30. The van der Waals surface area contributed by atoms with E-state index in [0.717, 1.165) is 22.5 Å². The second-order valence-corrected chi connectivity index (χ2v) is 9.63. The Morgan fingerprint density at radius 1 is 1.00 bits per heavy atom. The summed E-state index contributed by atoms with van der Waals surface area (Å²) >= 11 is 11.9. The molecule has 0 aliphatic rings. The van der Waals surface area contributed by atoms with Crippen molar-refractivity contribution in [2.75, 3.05) is 11.9 Å². The number of anilines is 1. The number of carbonyl (C=O) groups is 2. The lowest BCUT2D eigenvalue weighted by molar-refractivity contribution is -0.115. The van der Waals surface area contributed by atoms with E-state index >= 15 is 0 Å². The first kappa shape index (κ1) is 23.8. The van der Waals surface area contributed by atoms with Gasteiger partial charge in [0.15, 0.2) is 0 Å². The van der Waals surface area contributed by atoms with Crippen LogP contribution >= 0.6 is 23.2 Å². The number of benzene rings is 2. The number of rotatable bonds is 5. The Labute approximate surface area is 197 Å². The van der Waals surface area contributed by atoms with Gasteiger partial charge in [0.2, 0.25) is 5.91 Å². The van der Waals surface area contributed by atoms with Gasteiger partial charge in [0.1, 0.15) is 5.82 Å². The summed E-state index contributed by atoms with van der Waals surface area (Å²) in [5.74, 6) is -0.285. The number of nitrogens with one attached hydrogen (secondary N) is 2. The van der Waals surface area contributed by atoms with E-state index in [2.05, 4.69) is 37.5 Å². The quantitative estimate of drug-likeness (QED) is 0.517. The molecule has 0 aliphatic carbocycles. The van der Waals surface area contributed by atoms with E-state index in [9.17, 15) is 9.59 Å². The van der Waals surface area contributed by atoms with Gasteiger partial charge in [-0.1, -0.05) is 61.7 Å². The Morgan fingerprint density at radius 2 is 1.66 bits per heavy atom. The summed E-state index contributed by atoms with van der Waals surface area (Å²) in [6, 6.07) is 12.4. The third kappa shape index (κ3) is 5.69. The maximum absolute atomic E-state index is 12.6. The Balaban J connectivity index is 1.80. The first-order valence-corrected chi connectivity index (χ1v) is 10.9. The molecule has 0 unspecified atom stereocenters. The van der Waals surface area contributed by atoms with Crippen molar-refractivity contribution in [1.82, 2.24) is 15.1 Å². The fraction of sp³-hybridized carbons (Fsp3) is 0.292. The second kappa shape index (κ2) is 9.35. The maximum Gasteiger partial charge on any atom is 0.251 e. The van der Waals surface area contributed by atoms with Crippen molar-refractivity contribution in [3.05, 3.63) is 74.9 Å². The van der Waals surface area contributed by atoms with Crippen molar-refractivity contribution in [3.63, 3.8) is 0 Å². The van der Waals surface area contributed by atoms with Crippen LogP contribution in [0.2, 0.25) is 10.0 Å². The van der Waals surface area contributed by atoms with Gasteiger partial charge in [-0.15, -0.1) is 0 Å². The van der Waals surface area contributed by atoms with Crippen LogP contribution in [0.1, 0.15) is 48.0 Å². The number of hydrogen-bond donors (Lipinski definition) is 2. The molecule has 0 atom stereocenters. The van der Waals surface area contributed by atoms with Gasteiger partial charge in [-0.05, 0) is 43.7 Å². The molecule has 0 fully saturated rings. The molecule has 3 aromatic rings. The summed E-state index contributed by atoms with van der Waals surface area (Å²) in [5, 5.41) is 10.9. The standard InChI is InChI=1S/C24H26Cl2N4O2/c1-14-6-7-19(15(2)8-14)30-21(12-20(29-30)24(3,4)5)28-22(31)13-27-23(32)16-9-17(25)11-18(26)10-16/h6-12H,13H2,1-5H3,(H,27,32)(H,28,31). The molecule has 1 aromatic heterocycles. The monoisotopic (exact) mass is 472 g/mol. The Hall–Kier alpha value is -2.83. The van der Waals surface area contributed by atoms with Crippen LogP contribution in [0.5, 0.6) is 0 Å². The number of aromatic nitrogens is 2. The van der Waals surface area contributed by atoms with Crippen molar-refractivity contribution >= 4 is 40.8 Å². The Kier molecular flexibility index (Phi) is 6.96. The summed E-state index contributed by atoms with van der Waals surface area (Å²) in [6.45, 7) is 9.99. The average molecular weight is 473 g/mol. The zero-order valence-corrected chi connectivity index (χ0v) is 20.2. The van der Waals surface area contributed by atoms with Gasteiger partial charge in [0.05, 0.1) is 17.9 Å². The Bertz CT molecular complexity index is 1160. The molecule has 0 aliphatic heterocycles. The fourth-order valence-electron chi connectivity index (χ4n) is 3.20. The normalized spacial score (nSPS) is 11.3. The molecular weight excluding hydrogens is 447 g/mol. The van der Waals surface area contributed by atoms with Crippen LogP contribution in [0.25, 0.3) is 5.69 Å². The number of amides is 2. The fourth-order valence-corrected chi connectivity index (χ4v) is 3.72. The highest BCUT2D eigenvalue weighted by Gasteiger charge is 2.22. The lowest BCUT2D eigenvalue weighted by Gasteiger charge is -2.14. The van der Waals surface area contributed by atoms with E-state index in [1.165, 1.54) is 18.2 Å². The van der Waals surface area contributed by atoms with Crippen LogP contribution < -0.4 is 10.6 Å². The molecule has 168 valence electrons. The minimum absolute atomic E-state index is 0.205. The maximum atomic E-state index is 12.6. The third-order valence-electron chi connectivity index (χ3n) is 4.86. The van der Waals surface area contributed by atoms with Gasteiger partial charge >= 0.3 is 0 Å². The largest absolute Gasteiger partial charge is 0.343 e. The number of carbonyl (C=O) groups excluding carboxylic acids is 2. The molecule has 3 rings (SSSR count). The van der Waals surface area contributed by atoms with E-state index in [4.69, 9.17) is 28.3 Å². The minimum Gasteiger partial charge on any atom is -0.343 e. The predicted octanol–water partition coefficient (Wildman–Crippen LogP) is 5.46. The van der Waals surface area contributed by atoms with Crippen LogP contribution in [0.4, 0.5) is 5.82 Å². The number of halogens is 2. The van der Waals surface area contributed by atoms with Crippen LogP contribution in [-0.4, -0.2) is 28.1 Å². The predicted molar refractivity (Wildman–Crippen MR) is 129 cm³/mol. The molecule has 0 saturated carbocycles. The second-order valence-electron chi connectivity index (χ2n) is 8.76. The SMILES string of the molecule is Cc1ccc(-n2nc(C(C)(C)C)cc2NC(=O)CNC(=O)c2cc(Cl)cc(Cl)c2)c(C)c1. The smallest absolute Gasteiger partial charge is 0.251 e. The molecule has 2 aromatic carbocycles. The summed E-state index contributed by atoms with van der Waals surface area (Å²) < 4.78 is 1.73. The highest BCUT2D eigenvalue weighted by molar-refractivity contribution is 6.35. The zero-order valence-electron chi connectivity index (χ0n) is 18.7. The summed E-state index contributed by atoms with van der Waals surface area (Å²) in [5.41, 5.74) is 3.97. The molecule has 8 heteroatoms. The first-order chi connectivity index (χ1) is 14.9. The summed E-state index contributed by atoms with van der Waals surface area (Å²) in [6.07, 6.45) is 0. The van der Waals surface area contributed by atoms with E-state index in [-0.39, 0.29) is 23.4 Å². The average Bonchev–Trinajstić information content (AvgIpc) is 3.09. The van der Waals surface area contributed by atoms with Crippen LogP contribution in [0, 0.1) is 13.8 Å². The number of nitrogens with zero attached hydrogens (tertiary/aromatic N) is 2. The van der Waals surface area contributed by atoms with Gasteiger partial charge in [0.25, 0.3) is 5.91 Å². The molecule has 1 heterocycles. The molecule has 32 heavy (non-hydrogen) atoms. The zero-order chi connectivity index (χ0) is 23.6. The van der Waals surface area contributed by atoms with Crippen LogP contribution in [-0.2, 0) is 10.2 Å². The van der Waals surface area contributed by atoms with Gasteiger partial charge < -0.3 is 10.6 Å². The molecule has 0 radical (unpaired) electrons. The lowest BCUT2D eigenvalue weighted by atomic mass is 9.92. The molecule has 2 N–H and O–H groups in total. The number of aryl methyl sites for hydroxylation is 2. The van der Waals surface area contributed by atoms with Crippen molar-refractivity contribution in [2.24, 2.45) is 0 Å². The van der Waals surface area contributed by atoms with E-state index in [0.29, 0.717) is 15.9 Å². The van der Waals surface area contributed by atoms with E-state index < -0.39 is 5.91 Å². The van der Waals surface area contributed by atoms with Crippen LogP contribution in [0.15, 0.2) is 42.5 Å². The van der Waals surface area contributed by atoms with Gasteiger partial charge in [-0.2, -0.15) is 5.10 Å². The topological polar surface area (TPSA) is 76.0 Å². The molecule has 0 saturated heterocycles. The highest BCUT2D eigenvalue weighted by atomic mass is 35.5. The van der Waals surface area contributed by atoms with Crippen molar-refractivity contribution in [1.29, 1.82) is 0 Å². The van der Waals surface area contributed by atoms with E-state index in [1.54, 1.807) is 4.68 Å². The van der Waals surface area contributed by atoms with Crippen molar-refractivity contribution < 1.29 is 9.59 Å². The lowest BCUT2D eigenvalue weighted by Crippen LogP contribution is -2.33. The summed E-state index contributed by atoms with van der Waals surface area (Å²) in [7, 11) is 0. The van der Waals surface area contributed by atoms with Crippen molar-refractivity contribution in [2.45, 2.75) is 40.0 Å². The van der Waals surface area contributed by atoms with Crippen molar-refractivity contribution in [3.8, 4) is 5.69 Å². The highest BCUT2D eigenvalue weighted by Crippen LogP contribution is 2.27. The summed E-state index contributed by atoms with van der Waals surface area (Å²) in [4.78, 5) is 25.0. The molecule has 0 spiro atoms. The number of hydrogen-bond acceptors (Lipinski definition) is 3. The van der Waals surface area contributed by atoms with Gasteiger partial charge in [-0.3, -0.25) is 9.59 Å².